The number of aromatic nitrogens is 2. The van der Waals surface area contributed by atoms with Crippen molar-refractivity contribution >= 4 is 0 Å². The van der Waals surface area contributed by atoms with Gasteiger partial charge in [0, 0.05) is 11.3 Å². The summed E-state index contributed by atoms with van der Waals surface area (Å²) in [4.78, 5) is 0. The van der Waals surface area contributed by atoms with Gasteiger partial charge in [0.1, 0.15) is 0 Å². The molecule has 18 heavy (non-hydrogen) atoms. The van der Waals surface area contributed by atoms with Gasteiger partial charge in [0.05, 0.1) is 18.2 Å². The van der Waals surface area contributed by atoms with Crippen LogP contribution in [0.1, 0.15) is 37.4 Å². The zero-order chi connectivity index (χ0) is 13.0. The lowest BCUT2D eigenvalue weighted by molar-refractivity contribution is 0.734. The van der Waals surface area contributed by atoms with Crippen molar-refractivity contribution in [3.63, 3.8) is 0 Å². The molecule has 0 saturated heterocycles. The highest BCUT2D eigenvalue weighted by atomic mass is 15.1. The summed E-state index contributed by atoms with van der Waals surface area (Å²) in [6.07, 6.45) is 1.52. The van der Waals surface area contributed by atoms with Gasteiger partial charge in [-0.2, -0.15) is 10.4 Å². The third kappa shape index (κ3) is 2.60. The lowest BCUT2D eigenvalue weighted by Gasteiger charge is -2.08. The van der Waals surface area contributed by atoms with Crippen molar-refractivity contribution in [3.05, 3.63) is 41.6 Å². The van der Waals surface area contributed by atoms with Crippen molar-refractivity contribution in [1.82, 2.24) is 10.2 Å². The fourth-order valence-corrected chi connectivity index (χ4v) is 1.90. The summed E-state index contributed by atoms with van der Waals surface area (Å²) in [5, 5.41) is 15.7. The summed E-state index contributed by atoms with van der Waals surface area (Å²) in [5.41, 5.74) is 4.20. The summed E-state index contributed by atoms with van der Waals surface area (Å²) in [6, 6.07) is 12.5. The maximum absolute atomic E-state index is 8.63. The first kappa shape index (κ1) is 12.4. The Labute approximate surface area is 107 Å². The second kappa shape index (κ2) is 5.50. The van der Waals surface area contributed by atoms with Crippen molar-refractivity contribution in [2.45, 2.75) is 32.6 Å². The van der Waals surface area contributed by atoms with E-state index in [9.17, 15) is 0 Å². The van der Waals surface area contributed by atoms with E-state index in [0.29, 0.717) is 12.3 Å². The predicted molar refractivity (Wildman–Crippen MR) is 72.0 cm³/mol. The third-order valence-corrected chi connectivity index (χ3v) is 3.29. The van der Waals surface area contributed by atoms with E-state index in [1.54, 1.807) is 0 Å². The molecule has 0 unspecified atom stereocenters. The lowest BCUT2D eigenvalue weighted by atomic mass is 9.97. The summed E-state index contributed by atoms with van der Waals surface area (Å²) in [5.74, 6) is 0.590. The van der Waals surface area contributed by atoms with Gasteiger partial charge >= 0.3 is 0 Å². The van der Waals surface area contributed by atoms with E-state index in [2.05, 4.69) is 54.4 Å². The molecule has 0 fully saturated rings. The Bertz CT molecular complexity index is 546. The Morgan fingerprint density at radius 2 is 2.06 bits per heavy atom. The maximum Gasteiger partial charge on any atom is 0.0923 e. The Balaban J connectivity index is 2.20. The molecule has 0 amide bonds. The molecule has 0 aliphatic rings. The van der Waals surface area contributed by atoms with E-state index in [1.807, 2.05) is 6.07 Å². The van der Waals surface area contributed by atoms with Crippen LogP contribution >= 0.6 is 0 Å². The fraction of sp³-hybridized carbons (Fsp3) is 0.333. The Kier molecular flexibility index (Phi) is 3.78. The molecule has 2 rings (SSSR count). The number of rotatable bonds is 4. The van der Waals surface area contributed by atoms with Crippen LogP contribution in [0, 0.1) is 11.3 Å². The average Bonchev–Trinajstić information content (AvgIpc) is 2.87. The molecule has 2 aromatic rings. The first-order chi connectivity index (χ1) is 8.74. The van der Waals surface area contributed by atoms with Crippen molar-refractivity contribution in [3.8, 4) is 17.3 Å². The SMILES string of the molecule is CC[C@@H](C)c1ccc(-c2cc(CC#N)[nH]n2)cc1. The van der Waals surface area contributed by atoms with Gasteiger partial charge in [0.25, 0.3) is 0 Å². The van der Waals surface area contributed by atoms with Crippen molar-refractivity contribution < 1.29 is 0 Å². The zero-order valence-electron chi connectivity index (χ0n) is 10.8. The molecule has 1 N–H and O–H groups in total. The molecule has 1 heterocycles. The van der Waals surface area contributed by atoms with E-state index in [4.69, 9.17) is 5.26 Å². The molecule has 0 saturated carbocycles. The highest BCUT2D eigenvalue weighted by Crippen LogP contribution is 2.23. The van der Waals surface area contributed by atoms with E-state index < -0.39 is 0 Å². The average molecular weight is 239 g/mol. The lowest BCUT2D eigenvalue weighted by Crippen LogP contribution is -1.90. The van der Waals surface area contributed by atoms with Crippen molar-refractivity contribution in [2.24, 2.45) is 0 Å². The summed E-state index contributed by atoms with van der Waals surface area (Å²) < 4.78 is 0. The predicted octanol–water partition coefficient (Wildman–Crippen LogP) is 3.66. The highest BCUT2D eigenvalue weighted by Gasteiger charge is 2.06. The quantitative estimate of drug-likeness (QED) is 0.885. The van der Waals surface area contributed by atoms with Gasteiger partial charge in [0.15, 0.2) is 0 Å². The Hall–Kier alpha value is -2.08. The number of hydrogen-bond acceptors (Lipinski definition) is 2. The number of hydrogen-bond donors (Lipinski definition) is 1. The van der Waals surface area contributed by atoms with Gasteiger partial charge in [-0.25, -0.2) is 0 Å². The van der Waals surface area contributed by atoms with Crippen LogP contribution in [-0.2, 0) is 6.42 Å². The summed E-state index contributed by atoms with van der Waals surface area (Å²) in [7, 11) is 0. The number of aromatic amines is 1. The van der Waals surface area contributed by atoms with Crippen LogP contribution in [0.5, 0.6) is 0 Å². The summed E-state index contributed by atoms with van der Waals surface area (Å²) >= 11 is 0. The number of nitrogens with one attached hydrogen (secondary N) is 1. The number of benzene rings is 1. The minimum absolute atomic E-state index is 0.373. The molecular weight excluding hydrogens is 222 g/mol. The fourth-order valence-electron chi connectivity index (χ4n) is 1.90. The van der Waals surface area contributed by atoms with Gasteiger partial charge in [-0.3, -0.25) is 5.10 Å². The second-order valence-corrected chi connectivity index (χ2v) is 4.54. The molecule has 0 aliphatic carbocycles. The van der Waals surface area contributed by atoms with Gasteiger partial charge in [-0.1, -0.05) is 38.1 Å². The van der Waals surface area contributed by atoms with Gasteiger partial charge in [0.2, 0.25) is 0 Å². The number of nitriles is 1. The zero-order valence-corrected chi connectivity index (χ0v) is 10.8. The Morgan fingerprint density at radius 3 is 2.67 bits per heavy atom. The monoisotopic (exact) mass is 239 g/mol. The molecule has 1 aromatic carbocycles. The van der Waals surface area contributed by atoms with Crippen LogP contribution in [0.25, 0.3) is 11.3 Å². The normalized spacial score (nSPS) is 12.1. The van der Waals surface area contributed by atoms with E-state index in [0.717, 1.165) is 23.4 Å². The Morgan fingerprint density at radius 1 is 1.33 bits per heavy atom. The van der Waals surface area contributed by atoms with Crippen LogP contribution in [0.2, 0.25) is 0 Å². The van der Waals surface area contributed by atoms with Gasteiger partial charge in [-0.15, -0.1) is 0 Å². The van der Waals surface area contributed by atoms with Gasteiger partial charge in [-0.05, 0) is 24.0 Å². The minimum Gasteiger partial charge on any atom is -0.281 e. The molecule has 92 valence electrons. The standard InChI is InChI=1S/C15H17N3/c1-3-11(2)12-4-6-13(7-5-12)15-10-14(8-9-16)17-18-15/h4-7,10-11H,3,8H2,1-2H3,(H,17,18)/t11-/m1/s1. The minimum atomic E-state index is 0.373. The molecular formula is C15H17N3. The van der Waals surface area contributed by atoms with Crippen molar-refractivity contribution in [2.75, 3.05) is 0 Å². The number of nitrogens with zero attached hydrogens (tertiary/aromatic N) is 2. The maximum atomic E-state index is 8.63. The molecule has 1 aromatic heterocycles. The molecule has 0 aliphatic heterocycles. The molecule has 0 radical (unpaired) electrons. The largest absolute Gasteiger partial charge is 0.281 e. The van der Waals surface area contributed by atoms with Crippen LogP contribution in [0.3, 0.4) is 0 Å². The third-order valence-electron chi connectivity index (χ3n) is 3.29. The first-order valence-electron chi connectivity index (χ1n) is 6.26. The van der Waals surface area contributed by atoms with E-state index >= 15 is 0 Å². The molecule has 3 heteroatoms. The van der Waals surface area contributed by atoms with E-state index in [1.165, 1.54) is 5.56 Å². The molecule has 1 atom stereocenters. The van der Waals surface area contributed by atoms with Crippen LogP contribution in [-0.4, -0.2) is 10.2 Å². The number of H-pyrrole nitrogens is 1. The van der Waals surface area contributed by atoms with E-state index in [-0.39, 0.29) is 0 Å². The van der Waals surface area contributed by atoms with Crippen molar-refractivity contribution in [1.29, 1.82) is 5.26 Å². The van der Waals surface area contributed by atoms with Crippen LogP contribution in [0.15, 0.2) is 30.3 Å². The van der Waals surface area contributed by atoms with Crippen LogP contribution in [0.4, 0.5) is 0 Å². The second-order valence-electron chi connectivity index (χ2n) is 4.54. The summed E-state index contributed by atoms with van der Waals surface area (Å²) in [6.45, 7) is 4.43. The molecule has 3 nitrogen and oxygen atoms in total. The molecule has 0 spiro atoms. The smallest absolute Gasteiger partial charge is 0.0923 e. The molecule has 0 bridgehead atoms. The highest BCUT2D eigenvalue weighted by molar-refractivity contribution is 5.59. The first-order valence-corrected chi connectivity index (χ1v) is 6.26. The van der Waals surface area contributed by atoms with Gasteiger partial charge < -0.3 is 0 Å². The van der Waals surface area contributed by atoms with Crippen LogP contribution < -0.4 is 0 Å². The topological polar surface area (TPSA) is 52.5 Å².